The van der Waals surface area contributed by atoms with Crippen LogP contribution in [0.15, 0.2) is 4.99 Å². The van der Waals surface area contributed by atoms with Crippen LogP contribution in [0.4, 0.5) is 0 Å². The van der Waals surface area contributed by atoms with E-state index in [2.05, 4.69) is 15.6 Å². The second-order valence-corrected chi connectivity index (χ2v) is 10.00. The van der Waals surface area contributed by atoms with Gasteiger partial charge in [-0.1, -0.05) is 39.0 Å². The van der Waals surface area contributed by atoms with Crippen LogP contribution in [0.2, 0.25) is 0 Å². The summed E-state index contributed by atoms with van der Waals surface area (Å²) in [6.45, 7) is 3.82. The van der Waals surface area contributed by atoms with Crippen molar-refractivity contribution in [2.75, 3.05) is 26.0 Å². The van der Waals surface area contributed by atoms with E-state index >= 15 is 0 Å². The minimum absolute atomic E-state index is 0. The number of rotatable bonds is 9. The van der Waals surface area contributed by atoms with Gasteiger partial charge in [-0.3, -0.25) is 9.20 Å². The molecule has 2 aliphatic carbocycles. The zero-order valence-electron chi connectivity index (χ0n) is 17.9. The molecule has 0 aromatic rings. The second kappa shape index (κ2) is 15.9. The van der Waals surface area contributed by atoms with Crippen molar-refractivity contribution in [3.05, 3.63) is 0 Å². The number of aliphatic imine (C=N–C) groups is 1. The molecule has 0 aromatic carbocycles. The summed E-state index contributed by atoms with van der Waals surface area (Å²) in [5.41, 5.74) is 0. The molecule has 166 valence electrons. The first-order valence-electron chi connectivity index (χ1n) is 11.2. The molecule has 0 amide bonds. The van der Waals surface area contributed by atoms with Crippen LogP contribution in [0.1, 0.15) is 84.0 Å². The maximum absolute atomic E-state index is 12.1. The molecule has 2 aliphatic rings. The van der Waals surface area contributed by atoms with Crippen molar-refractivity contribution < 1.29 is 8.95 Å². The molecule has 28 heavy (non-hydrogen) atoms. The summed E-state index contributed by atoms with van der Waals surface area (Å²) < 4.78 is 18.2. The minimum Gasteiger partial charge on any atom is -0.378 e. The van der Waals surface area contributed by atoms with E-state index in [9.17, 15) is 4.21 Å². The molecule has 2 rings (SSSR count). The summed E-state index contributed by atoms with van der Waals surface area (Å²) in [5.74, 6) is 1.65. The largest absolute Gasteiger partial charge is 0.378 e. The maximum Gasteiger partial charge on any atom is 0.191 e. The van der Waals surface area contributed by atoms with Gasteiger partial charge in [0.1, 0.15) is 0 Å². The number of nitrogens with one attached hydrogen (secondary N) is 2. The van der Waals surface area contributed by atoms with Crippen LogP contribution in [-0.4, -0.2) is 53.5 Å². The van der Waals surface area contributed by atoms with Gasteiger partial charge in [0.15, 0.2) is 5.96 Å². The predicted molar refractivity (Wildman–Crippen MR) is 131 cm³/mol. The van der Waals surface area contributed by atoms with Crippen LogP contribution >= 0.6 is 24.0 Å². The molecule has 5 nitrogen and oxygen atoms in total. The Labute approximate surface area is 192 Å². The van der Waals surface area contributed by atoms with Crippen molar-refractivity contribution in [2.24, 2.45) is 4.99 Å². The number of halogens is 1. The van der Waals surface area contributed by atoms with Gasteiger partial charge in [-0.15, -0.1) is 24.0 Å². The third-order valence-corrected chi connectivity index (χ3v) is 7.61. The molecular formula is C21H42IN3O2S. The lowest BCUT2D eigenvalue weighted by Crippen LogP contribution is -2.46. The van der Waals surface area contributed by atoms with Gasteiger partial charge < -0.3 is 15.4 Å². The van der Waals surface area contributed by atoms with E-state index < -0.39 is 10.8 Å². The van der Waals surface area contributed by atoms with Gasteiger partial charge in [-0.2, -0.15) is 0 Å². The zero-order chi connectivity index (χ0) is 19.3. The summed E-state index contributed by atoms with van der Waals surface area (Å²) in [7, 11) is 1.15. The molecule has 3 atom stereocenters. The first kappa shape index (κ1) is 26.1. The fourth-order valence-corrected chi connectivity index (χ4v) is 5.58. The lowest BCUT2D eigenvalue weighted by Gasteiger charge is -2.30. The van der Waals surface area contributed by atoms with Crippen molar-refractivity contribution in [1.82, 2.24) is 10.6 Å². The lowest BCUT2D eigenvalue weighted by atomic mass is 9.95. The van der Waals surface area contributed by atoms with E-state index in [-0.39, 0.29) is 24.0 Å². The Balaban J connectivity index is 0.00000392. The van der Waals surface area contributed by atoms with Gasteiger partial charge in [-0.05, 0) is 44.9 Å². The average molecular weight is 528 g/mol. The number of guanidine groups is 1. The molecule has 7 heteroatoms. The number of ether oxygens (including phenoxy) is 1. The Bertz CT molecular complexity index is 457. The maximum atomic E-state index is 12.1. The Morgan fingerprint density at radius 2 is 1.82 bits per heavy atom. The Kier molecular flexibility index (Phi) is 14.8. The van der Waals surface area contributed by atoms with Crippen molar-refractivity contribution in [3.8, 4) is 0 Å². The molecule has 2 N–H and O–H groups in total. The van der Waals surface area contributed by atoms with Gasteiger partial charge in [0.25, 0.3) is 0 Å². The second-order valence-electron chi connectivity index (χ2n) is 7.99. The molecule has 2 fully saturated rings. The number of unbranched alkanes of at least 4 members (excludes halogenated alkanes) is 1. The van der Waals surface area contributed by atoms with E-state index in [0.29, 0.717) is 17.4 Å². The van der Waals surface area contributed by atoms with Crippen LogP contribution < -0.4 is 10.6 Å². The molecule has 0 aromatic heterocycles. The van der Waals surface area contributed by atoms with Crippen LogP contribution in [0.25, 0.3) is 0 Å². The predicted octanol–water partition coefficient (Wildman–Crippen LogP) is 4.37. The van der Waals surface area contributed by atoms with E-state index in [0.717, 1.165) is 63.4 Å². The van der Waals surface area contributed by atoms with Crippen LogP contribution in [0, 0.1) is 0 Å². The van der Waals surface area contributed by atoms with Gasteiger partial charge in [0.2, 0.25) is 0 Å². The van der Waals surface area contributed by atoms with E-state index in [1.54, 1.807) is 0 Å². The minimum atomic E-state index is -0.678. The van der Waals surface area contributed by atoms with Gasteiger partial charge in [0, 0.05) is 48.0 Å². The number of hydrogen-bond donors (Lipinski definition) is 2. The highest BCUT2D eigenvalue weighted by atomic mass is 127. The summed E-state index contributed by atoms with van der Waals surface area (Å²) in [6, 6.07) is 0.393. The van der Waals surface area contributed by atoms with Crippen LogP contribution in [0.3, 0.4) is 0 Å². The molecular weight excluding hydrogens is 485 g/mol. The van der Waals surface area contributed by atoms with Crippen LogP contribution in [-0.2, 0) is 15.5 Å². The van der Waals surface area contributed by atoms with E-state index in [1.807, 2.05) is 14.0 Å². The quantitative estimate of drug-likeness (QED) is 0.154. The molecule has 0 saturated heterocycles. The molecule has 0 aliphatic heterocycles. The highest BCUT2D eigenvalue weighted by Gasteiger charge is 2.25. The highest BCUT2D eigenvalue weighted by molar-refractivity contribution is 14.0. The molecule has 3 unspecified atom stereocenters. The van der Waals surface area contributed by atoms with E-state index in [1.165, 1.54) is 38.5 Å². The van der Waals surface area contributed by atoms with Gasteiger partial charge in [0.05, 0.1) is 6.10 Å². The summed E-state index contributed by atoms with van der Waals surface area (Å²) in [5, 5.41) is 7.32. The topological polar surface area (TPSA) is 62.7 Å². The Hall–Kier alpha value is 0.110. The van der Waals surface area contributed by atoms with Crippen LogP contribution in [0.5, 0.6) is 0 Å². The Morgan fingerprint density at radius 3 is 2.50 bits per heavy atom. The van der Waals surface area contributed by atoms with Crippen molar-refractivity contribution in [2.45, 2.75) is 101 Å². The highest BCUT2D eigenvalue weighted by Crippen LogP contribution is 2.23. The normalized spacial score (nSPS) is 25.4. The fraction of sp³-hybridized carbons (Fsp3) is 0.952. The first-order valence-corrected chi connectivity index (χ1v) is 12.6. The standard InChI is InChI=1S/C21H41N3O2S.HI/c1-3-27(25)20-14-10-11-18(17-20)24-21(22-2)23-15-8-9-16-26-19-12-6-4-5-7-13-19;/h18-20H,3-17H2,1-2H3,(H2,22,23,24);1H. The first-order chi connectivity index (χ1) is 13.2. The number of nitrogens with zero attached hydrogens (tertiary/aromatic N) is 1. The Morgan fingerprint density at radius 1 is 1.07 bits per heavy atom. The SMILES string of the molecule is CCS(=O)C1CCCC(NC(=NC)NCCCCOC2CCCCCC2)C1.I. The van der Waals surface area contributed by atoms with Gasteiger partial charge in [-0.25, -0.2) is 0 Å². The van der Waals surface area contributed by atoms with Crippen molar-refractivity contribution in [1.29, 1.82) is 0 Å². The smallest absolute Gasteiger partial charge is 0.191 e. The molecule has 0 spiro atoms. The zero-order valence-corrected chi connectivity index (χ0v) is 21.1. The molecule has 0 heterocycles. The van der Waals surface area contributed by atoms with Crippen molar-refractivity contribution >= 4 is 40.7 Å². The summed E-state index contributed by atoms with van der Waals surface area (Å²) in [4.78, 5) is 4.36. The third-order valence-electron chi connectivity index (χ3n) is 5.87. The lowest BCUT2D eigenvalue weighted by molar-refractivity contribution is 0.0411. The molecule has 2 saturated carbocycles. The average Bonchev–Trinajstić information content (AvgIpc) is 2.98. The fourth-order valence-electron chi connectivity index (χ4n) is 4.23. The summed E-state index contributed by atoms with van der Waals surface area (Å²) >= 11 is 0. The molecule has 0 bridgehead atoms. The third kappa shape index (κ3) is 10.2. The summed E-state index contributed by atoms with van der Waals surface area (Å²) in [6.07, 6.45) is 15.0. The van der Waals surface area contributed by atoms with Crippen molar-refractivity contribution in [3.63, 3.8) is 0 Å². The monoisotopic (exact) mass is 527 g/mol. The van der Waals surface area contributed by atoms with Gasteiger partial charge >= 0.3 is 0 Å². The number of hydrogen-bond acceptors (Lipinski definition) is 3. The molecule has 0 radical (unpaired) electrons. The van der Waals surface area contributed by atoms with E-state index in [4.69, 9.17) is 4.74 Å².